The van der Waals surface area contributed by atoms with E-state index in [1.54, 1.807) is 0 Å². The summed E-state index contributed by atoms with van der Waals surface area (Å²) in [5, 5.41) is 3.57. The number of rotatable bonds is 6. The maximum Gasteiger partial charge on any atom is 0.0944 e. The fourth-order valence-corrected chi connectivity index (χ4v) is 2.45. The van der Waals surface area contributed by atoms with Crippen LogP contribution >= 0.6 is 0 Å². The Labute approximate surface area is 104 Å². The molecule has 3 heteroatoms. The number of hydrogen-bond acceptors (Lipinski definition) is 2. The Bertz CT molecular complexity index is 291. The Morgan fingerprint density at radius 2 is 2.41 bits per heavy atom. The first-order valence-electron chi connectivity index (χ1n) is 6.84. The molecular weight excluding hydrogens is 212 g/mol. The maximum atomic E-state index is 5.82. The van der Waals surface area contributed by atoms with Gasteiger partial charge < -0.3 is 15.0 Å². The molecule has 0 unspecified atom stereocenters. The zero-order valence-corrected chi connectivity index (χ0v) is 10.7. The summed E-state index contributed by atoms with van der Waals surface area (Å²) in [6, 6.07) is 4.82. The molecule has 1 aromatic heterocycles. The molecule has 1 saturated heterocycles. The monoisotopic (exact) mass is 236 g/mol. The van der Waals surface area contributed by atoms with Crippen LogP contribution in [0.1, 0.15) is 50.8 Å². The van der Waals surface area contributed by atoms with Crippen LogP contribution < -0.4 is 5.32 Å². The Morgan fingerprint density at radius 1 is 1.47 bits per heavy atom. The molecule has 1 aliphatic rings. The minimum atomic E-state index is 0.185. The van der Waals surface area contributed by atoms with Gasteiger partial charge in [0, 0.05) is 24.5 Å². The summed E-state index contributed by atoms with van der Waals surface area (Å²) in [5.74, 6) is 0. The second-order valence-electron chi connectivity index (χ2n) is 4.93. The number of aromatic nitrogens is 1. The molecular formula is C14H24N2O. The zero-order chi connectivity index (χ0) is 11.9. The van der Waals surface area contributed by atoms with Gasteiger partial charge in [-0.15, -0.1) is 0 Å². The van der Waals surface area contributed by atoms with Crippen LogP contribution in [-0.4, -0.2) is 24.2 Å². The molecule has 0 radical (unpaired) electrons. The first kappa shape index (κ1) is 12.7. The molecule has 2 rings (SSSR count). The summed E-state index contributed by atoms with van der Waals surface area (Å²) in [4.78, 5) is 3.19. The van der Waals surface area contributed by atoms with E-state index >= 15 is 0 Å². The van der Waals surface area contributed by atoms with Crippen molar-refractivity contribution in [1.82, 2.24) is 10.3 Å². The summed E-state index contributed by atoms with van der Waals surface area (Å²) in [6.07, 6.45) is 8.60. The highest BCUT2D eigenvalue weighted by atomic mass is 16.5. The third-order valence-electron chi connectivity index (χ3n) is 3.54. The number of hydrogen-bond donors (Lipinski definition) is 2. The van der Waals surface area contributed by atoms with Gasteiger partial charge in [0.1, 0.15) is 0 Å². The fraction of sp³-hybridized carbons (Fsp3) is 0.714. The van der Waals surface area contributed by atoms with Crippen molar-refractivity contribution in [2.24, 2.45) is 0 Å². The van der Waals surface area contributed by atoms with Crippen molar-refractivity contribution in [2.75, 3.05) is 13.2 Å². The van der Waals surface area contributed by atoms with Crippen LogP contribution in [-0.2, 0) is 4.74 Å². The van der Waals surface area contributed by atoms with E-state index < -0.39 is 0 Å². The number of piperidine rings is 1. The minimum absolute atomic E-state index is 0.185. The molecule has 96 valence electrons. The van der Waals surface area contributed by atoms with Crippen molar-refractivity contribution in [2.45, 2.75) is 51.2 Å². The predicted octanol–water partition coefficient (Wildman–Crippen LogP) is 3.01. The van der Waals surface area contributed by atoms with Crippen LogP contribution in [0.5, 0.6) is 0 Å². The molecule has 0 amide bonds. The lowest BCUT2D eigenvalue weighted by Gasteiger charge is -2.23. The van der Waals surface area contributed by atoms with Gasteiger partial charge in [-0.05, 0) is 51.3 Å². The van der Waals surface area contributed by atoms with E-state index in [-0.39, 0.29) is 6.10 Å². The SMILES string of the molecule is C[C@@H](OCCC[C@@H]1CCCCN1)c1ccc[nH]1. The van der Waals surface area contributed by atoms with Gasteiger partial charge >= 0.3 is 0 Å². The molecule has 0 aliphatic carbocycles. The highest BCUT2D eigenvalue weighted by Gasteiger charge is 2.12. The lowest BCUT2D eigenvalue weighted by Crippen LogP contribution is -2.34. The summed E-state index contributed by atoms with van der Waals surface area (Å²) in [6.45, 7) is 4.16. The van der Waals surface area contributed by atoms with Gasteiger partial charge in [-0.1, -0.05) is 6.42 Å². The van der Waals surface area contributed by atoms with E-state index in [0.717, 1.165) is 19.1 Å². The van der Waals surface area contributed by atoms with E-state index in [1.807, 2.05) is 12.3 Å². The average Bonchev–Trinajstić information content (AvgIpc) is 2.89. The van der Waals surface area contributed by atoms with E-state index in [4.69, 9.17) is 4.74 Å². The molecule has 1 fully saturated rings. The fourth-order valence-electron chi connectivity index (χ4n) is 2.45. The Kier molecular flexibility index (Phi) is 5.08. The van der Waals surface area contributed by atoms with E-state index in [2.05, 4.69) is 23.3 Å². The second-order valence-corrected chi connectivity index (χ2v) is 4.93. The summed E-state index contributed by atoms with van der Waals surface area (Å²) < 4.78 is 5.82. The average molecular weight is 236 g/mol. The second kappa shape index (κ2) is 6.82. The van der Waals surface area contributed by atoms with Gasteiger partial charge in [0.25, 0.3) is 0 Å². The Hall–Kier alpha value is -0.800. The van der Waals surface area contributed by atoms with Crippen LogP contribution in [0.4, 0.5) is 0 Å². The van der Waals surface area contributed by atoms with Crippen LogP contribution in [0.25, 0.3) is 0 Å². The molecule has 17 heavy (non-hydrogen) atoms. The molecule has 2 N–H and O–H groups in total. The molecule has 0 aromatic carbocycles. The van der Waals surface area contributed by atoms with E-state index in [9.17, 15) is 0 Å². The van der Waals surface area contributed by atoms with Crippen LogP contribution in [0, 0.1) is 0 Å². The number of nitrogens with one attached hydrogen (secondary N) is 2. The molecule has 3 nitrogen and oxygen atoms in total. The third-order valence-corrected chi connectivity index (χ3v) is 3.54. The first-order chi connectivity index (χ1) is 8.36. The summed E-state index contributed by atoms with van der Waals surface area (Å²) in [7, 11) is 0. The van der Waals surface area contributed by atoms with Gasteiger partial charge in [0.05, 0.1) is 6.10 Å². The van der Waals surface area contributed by atoms with Gasteiger partial charge in [0.15, 0.2) is 0 Å². The lowest BCUT2D eigenvalue weighted by atomic mass is 10.0. The van der Waals surface area contributed by atoms with Crippen molar-refractivity contribution in [3.8, 4) is 0 Å². The predicted molar refractivity (Wildman–Crippen MR) is 70.0 cm³/mol. The van der Waals surface area contributed by atoms with Crippen LogP contribution in [0.3, 0.4) is 0 Å². The lowest BCUT2D eigenvalue weighted by molar-refractivity contribution is 0.0587. The largest absolute Gasteiger partial charge is 0.372 e. The molecule has 1 aromatic rings. The van der Waals surface area contributed by atoms with Crippen molar-refractivity contribution in [1.29, 1.82) is 0 Å². The number of aromatic amines is 1. The van der Waals surface area contributed by atoms with Crippen LogP contribution in [0.15, 0.2) is 18.3 Å². The quantitative estimate of drug-likeness (QED) is 0.745. The minimum Gasteiger partial charge on any atom is -0.372 e. The van der Waals surface area contributed by atoms with Crippen molar-refractivity contribution < 1.29 is 4.74 Å². The molecule has 0 bridgehead atoms. The standard InChI is InChI=1S/C14H24N2O/c1-12(14-8-4-10-16-14)17-11-5-7-13-6-2-3-9-15-13/h4,8,10,12-13,15-16H,2-3,5-7,9,11H2,1H3/t12-,13+/m1/s1. The molecule has 2 heterocycles. The van der Waals surface area contributed by atoms with Gasteiger partial charge in [-0.2, -0.15) is 0 Å². The summed E-state index contributed by atoms with van der Waals surface area (Å²) in [5.41, 5.74) is 1.17. The highest BCUT2D eigenvalue weighted by Crippen LogP contribution is 2.16. The normalized spacial score (nSPS) is 22.5. The Morgan fingerprint density at radius 3 is 3.12 bits per heavy atom. The Balaban J connectivity index is 1.56. The highest BCUT2D eigenvalue weighted by molar-refractivity contribution is 5.06. The van der Waals surface area contributed by atoms with Gasteiger partial charge in [0.2, 0.25) is 0 Å². The summed E-state index contributed by atoms with van der Waals surface area (Å²) >= 11 is 0. The third kappa shape index (κ3) is 4.17. The van der Waals surface area contributed by atoms with Crippen LogP contribution in [0.2, 0.25) is 0 Å². The first-order valence-corrected chi connectivity index (χ1v) is 6.84. The van der Waals surface area contributed by atoms with E-state index in [1.165, 1.54) is 37.9 Å². The molecule has 0 spiro atoms. The van der Waals surface area contributed by atoms with Gasteiger partial charge in [-0.25, -0.2) is 0 Å². The smallest absolute Gasteiger partial charge is 0.0944 e. The molecule has 0 saturated carbocycles. The van der Waals surface area contributed by atoms with Crippen molar-refractivity contribution in [3.05, 3.63) is 24.0 Å². The van der Waals surface area contributed by atoms with E-state index in [0.29, 0.717) is 0 Å². The number of ether oxygens (including phenoxy) is 1. The van der Waals surface area contributed by atoms with Crippen molar-refractivity contribution >= 4 is 0 Å². The maximum absolute atomic E-state index is 5.82. The number of H-pyrrole nitrogens is 1. The van der Waals surface area contributed by atoms with Crippen molar-refractivity contribution in [3.63, 3.8) is 0 Å². The molecule has 1 aliphatic heterocycles. The zero-order valence-electron chi connectivity index (χ0n) is 10.7. The topological polar surface area (TPSA) is 37.0 Å². The molecule has 2 atom stereocenters. The van der Waals surface area contributed by atoms with Gasteiger partial charge in [-0.3, -0.25) is 0 Å².